The van der Waals surface area contributed by atoms with E-state index in [0.717, 1.165) is 0 Å². The van der Waals surface area contributed by atoms with Gasteiger partial charge in [0.15, 0.2) is 5.78 Å². The van der Waals surface area contributed by atoms with Crippen molar-refractivity contribution in [3.05, 3.63) is 36.2 Å². The first-order chi connectivity index (χ1) is 8.09. The van der Waals surface area contributed by atoms with Crippen molar-refractivity contribution in [2.45, 2.75) is 6.92 Å². The zero-order chi connectivity index (χ0) is 12.4. The molecule has 5 nitrogen and oxygen atoms in total. The third-order valence-electron chi connectivity index (χ3n) is 2.46. The standard InChI is InChI=1S/C12H12N2O3/c1-8(15)13-7-11(17)9-4-6-14-5-2-3-10(16)12(9)14/h2-6,16H,7H2,1H3,(H,13,15). The lowest BCUT2D eigenvalue weighted by atomic mass is 10.1. The van der Waals surface area contributed by atoms with Gasteiger partial charge in [0.25, 0.3) is 0 Å². The van der Waals surface area contributed by atoms with Crippen LogP contribution in [-0.2, 0) is 4.79 Å². The molecule has 0 fully saturated rings. The number of Topliss-reactive ketones (excluding diaryl/α,β-unsaturated/α-hetero) is 1. The van der Waals surface area contributed by atoms with Gasteiger partial charge >= 0.3 is 0 Å². The van der Waals surface area contributed by atoms with E-state index in [1.54, 1.807) is 28.9 Å². The van der Waals surface area contributed by atoms with Gasteiger partial charge in [-0.05, 0) is 18.2 Å². The lowest BCUT2D eigenvalue weighted by Crippen LogP contribution is -2.27. The summed E-state index contributed by atoms with van der Waals surface area (Å²) in [6.07, 6.45) is 3.43. The van der Waals surface area contributed by atoms with E-state index < -0.39 is 0 Å². The second-order valence-corrected chi connectivity index (χ2v) is 3.71. The average molecular weight is 232 g/mol. The molecule has 0 spiro atoms. The summed E-state index contributed by atoms with van der Waals surface area (Å²) in [7, 11) is 0. The zero-order valence-corrected chi connectivity index (χ0v) is 9.30. The van der Waals surface area contributed by atoms with Gasteiger partial charge in [0.1, 0.15) is 5.75 Å². The molecule has 0 unspecified atom stereocenters. The van der Waals surface area contributed by atoms with Crippen molar-refractivity contribution in [2.75, 3.05) is 6.54 Å². The Hall–Kier alpha value is -2.30. The van der Waals surface area contributed by atoms with Crippen molar-refractivity contribution in [3.63, 3.8) is 0 Å². The molecule has 0 saturated carbocycles. The number of pyridine rings is 1. The maximum absolute atomic E-state index is 11.8. The summed E-state index contributed by atoms with van der Waals surface area (Å²) in [6, 6.07) is 4.83. The molecule has 0 aliphatic heterocycles. The molecule has 88 valence electrons. The number of ketones is 1. The summed E-state index contributed by atoms with van der Waals surface area (Å²) < 4.78 is 1.66. The fourth-order valence-corrected chi connectivity index (χ4v) is 1.67. The largest absolute Gasteiger partial charge is 0.506 e. The summed E-state index contributed by atoms with van der Waals surface area (Å²) in [5.74, 6) is -0.445. The van der Waals surface area contributed by atoms with Crippen molar-refractivity contribution >= 4 is 17.2 Å². The molecule has 0 atom stereocenters. The first-order valence-corrected chi connectivity index (χ1v) is 5.16. The van der Waals surface area contributed by atoms with Gasteiger partial charge in [-0.15, -0.1) is 0 Å². The molecule has 0 aliphatic rings. The van der Waals surface area contributed by atoms with Gasteiger partial charge in [0.05, 0.1) is 12.1 Å². The van der Waals surface area contributed by atoms with Crippen LogP contribution in [0.5, 0.6) is 5.75 Å². The lowest BCUT2D eigenvalue weighted by Gasteiger charge is -2.02. The van der Waals surface area contributed by atoms with Crippen LogP contribution in [-0.4, -0.2) is 27.7 Å². The van der Waals surface area contributed by atoms with E-state index >= 15 is 0 Å². The van der Waals surface area contributed by atoms with Crippen LogP contribution in [0.25, 0.3) is 5.52 Å². The molecule has 2 aromatic heterocycles. The Balaban J connectivity index is 2.36. The molecule has 0 aliphatic carbocycles. The van der Waals surface area contributed by atoms with Crippen LogP contribution in [0.15, 0.2) is 30.6 Å². The predicted molar refractivity (Wildman–Crippen MR) is 62.1 cm³/mol. The molecule has 2 N–H and O–H groups in total. The van der Waals surface area contributed by atoms with Gasteiger partial charge < -0.3 is 14.8 Å². The second-order valence-electron chi connectivity index (χ2n) is 3.71. The van der Waals surface area contributed by atoms with Gasteiger partial charge in [-0.1, -0.05) is 0 Å². The molecule has 0 bridgehead atoms. The van der Waals surface area contributed by atoms with E-state index in [4.69, 9.17) is 0 Å². The Labute approximate surface area is 97.7 Å². The molecule has 5 heteroatoms. The summed E-state index contributed by atoms with van der Waals surface area (Å²) >= 11 is 0. The molecular weight excluding hydrogens is 220 g/mol. The summed E-state index contributed by atoms with van der Waals surface area (Å²) in [4.78, 5) is 22.6. The van der Waals surface area contributed by atoms with Crippen molar-refractivity contribution in [3.8, 4) is 5.75 Å². The maximum Gasteiger partial charge on any atom is 0.217 e. The molecule has 0 saturated heterocycles. The first-order valence-electron chi connectivity index (χ1n) is 5.16. The van der Waals surface area contributed by atoms with Crippen LogP contribution in [0.1, 0.15) is 17.3 Å². The van der Waals surface area contributed by atoms with E-state index in [1.165, 1.54) is 13.0 Å². The van der Waals surface area contributed by atoms with Crippen molar-refractivity contribution in [1.82, 2.24) is 9.72 Å². The Morgan fingerprint density at radius 3 is 2.82 bits per heavy atom. The van der Waals surface area contributed by atoms with Gasteiger partial charge in [0.2, 0.25) is 5.91 Å². The number of hydrogen-bond donors (Lipinski definition) is 2. The molecule has 0 radical (unpaired) electrons. The number of fused-ring (bicyclic) bond motifs is 1. The van der Waals surface area contributed by atoms with Gasteiger partial charge in [0, 0.05) is 24.9 Å². The van der Waals surface area contributed by atoms with E-state index in [-0.39, 0.29) is 24.0 Å². The number of carbonyl (C=O) groups excluding carboxylic acids is 2. The molecule has 1 amide bonds. The average Bonchev–Trinajstić information content (AvgIpc) is 2.71. The number of rotatable bonds is 3. The molecular formula is C12H12N2O3. The normalized spacial score (nSPS) is 10.4. The van der Waals surface area contributed by atoms with Crippen LogP contribution in [0.4, 0.5) is 0 Å². The Kier molecular flexibility index (Phi) is 2.82. The fourth-order valence-electron chi connectivity index (χ4n) is 1.67. The second kappa shape index (κ2) is 4.29. The van der Waals surface area contributed by atoms with Crippen molar-refractivity contribution in [2.24, 2.45) is 0 Å². The highest BCUT2D eigenvalue weighted by Crippen LogP contribution is 2.23. The van der Waals surface area contributed by atoms with Crippen LogP contribution in [0.2, 0.25) is 0 Å². The quantitative estimate of drug-likeness (QED) is 0.774. The number of amides is 1. The number of aromatic nitrogens is 1. The third kappa shape index (κ3) is 2.13. The zero-order valence-electron chi connectivity index (χ0n) is 9.30. The topological polar surface area (TPSA) is 70.8 Å². The minimum atomic E-state index is -0.258. The lowest BCUT2D eigenvalue weighted by molar-refractivity contribution is -0.118. The van der Waals surface area contributed by atoms with Crippen LogP contribution >= 0.6 is 0 Å². The first kappa shape index (κ1) is 11.2. The van der Waals surface area contributed by atoms with Crippen LogP contribution in [0.3, 0.4) is 0 Å². The maximum atomic E-state index is 11.8. The van der Waals surface area contributed by atoms with Crippen molar-refractivity contribution in [1.29, 1.82) is 0 Å². The van der Waals surface area contributed by atoms with Gasteiger partial charge in [-0.25, -0.2) is 0 Å². The van der Waals surface area contributed by atoms with E-state index in [2.05, 4.69) is 5.32 Å². The van der Waals surface area contributed by atoms with Crippen LogP contribution in [0, 0.1) is 0 Å². The summed E-state index contributed by atoms with van der Waals surface area (Å²) in [6.45, 7) is 1.28. The monoisotopic (exact) mass is 232 g/mol. The number of nitrogens with zero attached hydrogens (tertiary/aromatic N) is 1. The van der Waals surface area contributed by atoms with E-state index in [9.17, 15) is 14.7 Å². The summed E-state index contributed by atoms with van der Waals surface area (Å²) in [5, 5.41) is 12.1. The Morgan fingerprint density at radius 1 is 1.35 bits per heavy atom. The fraction of sp³-hybridized carbons (Fsp3) is 0.167. The SMILES string of the molecule is CC(=O)NCC(=O)c1ccn2cccc(O)c12. The molecule has 17 heavy (non-hydrogen) atoms. The molecule has 0 aromatic carbocycles. The Morgan fingerprint density at radius 2 is 2.12 bits per heavy atom. The minimum Gasteiger partial charge on any atom is -0.506 e. The summed E-state index contributed by atoms with van der Waals surface area (Å²) in [5.41, 5.74) is 0.861. The predicted octanol–water partition coefficient (Wildman–Crippen LogP) is 0.964. The molecule has 2 aromatic rings. The van der Waals surface area contributed by atoms with Crippen molar-refractivity contribution < 1.29 is 14.7 Å². The number of hydrogen-bond acceptors (Lipinski definition) is 3. The molecule has 2 rings (SSSR count). The van der Waals surface area contributed by atoms with Gasteiger partial charge in [-0.2, -0.15) is 0 Å². The number of aromatic hydroxyl groups is 1. The van der Waals surface area contributed by atoms with E-state index in [1.807, 2.05) is 0 Å². The Bertz CT molecular complexity index is 586. The molecule has 2 heterocycles. The number of nitrogens with one attached hydrogen (secondary N) is 1. The van der Waals surface area contributed by atoms with Gasteiger partial charge in [-0.3, -0.25) is 9.59 Å². The minimum absolute atomic E-state index is 0.0451. The third-order valence-corrected chi connectivity index (χ3v) is 2.46. The smallest absolute Gasteiger partial charge is 0.217 e. The van der Waals surface area contributed by atoms with E-state index in [0.29, 0.717) is 11.1 Å². The van der Waals surface area contributed by atoms with Crippen LogP contribution < -0.4 is 5.32 Å². The number of carbonyl (C=O) groups is 2. The highest BCUT2D eigenvalue weighted by molar-refractivity contribution is 6.06. The highest BCUT2D eigenvalue weighted by Gasteiger charge is 2.14. The highest BCUT2D eigenvalue weighted by atomic mass is 16.3.